The highest BCUT2D eigenvalue weighted by molar-refractivity contribution is 5.91. The number of hydrogen-bond donors (Lipinski definition) is 4. The summed E-state index contributed by atoms with van der Waals surface area (Å²) >= 11 is 0. The summed E-state index contributed by atoms with van der Waals surface area (Å²) in [5, 5.41) is 5.23. The number of hydrogen-bond acceptors (Lipinski definition) is 4. The lowest BCUT2D eigenvalue weighted by Gasteiger charge is -2.22. The number of urea groups is 1. The van der Waals surface area contributed by atoms with E-state index in [1.54, 1.807) is 36.0 Å². The van der Waals surface area contributed by atoms with Crippen LogP contribution in [0.5, 0.6) is 0 Å². The molecule has 1 aliphatic rings. The van der Waals surface area contributed by atoms with Gasteiger partial charge in [-0.2, -0.15) is 0 Å². The van der Waals surface area contributed by atoms with E-state index in [9.17, 15) is 9.59 Å². The SMILES string of the molecule is CNC(=O)Nc1ccc2c(c1)-c1[nH]c(=O)c3nccn3c1C2(C)N. The number of nitrogens with zero attached hydrogens (tertiary/aromatic N) is 2. The van der Waals surface area contributed by atoms with Gasteiger partial charge < -0.3 is 21.4 Å². The van der Waals surface area contributed by atoms with Gasteiger partial charge in [-0.15, -0.1) is 0 Å². The molecule has 0 radical (unpaired) electrons. The zero-order valence-electron chi connectivity index (χ0n) is 13.2. The lowest BCUT2D eigenvalue weighted by Crippen LogP contribution is -2.34. The number of imidazole rings is 1. The van der Waals surface area contributed by atoms with Crippen molar-refractivity contribution in [1.82, 2.24) is 19.7 Å². The molecule has 4 rings (SSSR count). The van der Waals surface area contributed by atoms with Gasteiger partial charge in [-0.05, 0) is 24.6 Å². The second-order valence-electron chi connectivity index (χ2n) is 5.97. The van der Waals surface area contributed by atoms with Gasteiger partial charge in [0.15, 0.2) is 0 Å². The maximum atomic E-state index is 12.3. The number of aromatic nitrogens is 3. The first-order valence-electron chi connectivity index (χ1n) is 7.46. The third-order valence-corrected chi connectivity index (χ3v) is 4.39. The van der Waals surface area contributed by atoms with Gasteiger partial charge in [-0.3, -0.25) is 9.20 Å². The van der Waals surface area contributed by atoms with Gasteiger partial charge in [-0.1, -0.05) is 6.07 Å². The summed E-state index contributed by atoms with van der Waals surface area (Å²) in [6.07, 6.45) is 3.30. The van der Waals surface area contributed by atoms with Crippen molar-refractivity contribution in [2.75, 3.05) is 12.4 Å². The molecule has 3 aromatic rings. The van der Waals surface area contributed by atoms with Gasteiger partial charge in [0.1, 0.15) is 0 Å². The first-order chi connectivity index (χ1) is 11.4. The largest absolute Gasteiger partial charge is 0.341 e. The van der Waals surface area contributed by atoms with Gasteiger partial charge >= 0.3 is 6.03 Å². The number of benzene rings is 1. The number of rotatable bonds is 1. The van der Waals surface area contributed by atoms with Crippen LogP contribution < -0.4 is 21.9 Å². The van der Waals surface area contributed by atoms with Crippen molar-refractivity contribution >= 4 is 17.4 Å². The zero-order valence-corrected chi connectivity index (χ0v) is 13.2. The van der Waals surface area contributed by atoms with Crippen LogP contribution in [0.15, 0.2) is 35.4 Å². The predicted octanol–water partition coefficient (Wildman–Crippen LogP) is 0.976. The molecule has 0 bridgehead atoms. The van der Waals surface area contributed by atoms with Crippen LogP contribution in [0.1, 0.15) is 18.2 Å². The molecule has 2 aromatic heterocycles. The molecule has 0 saturated heterocycles. The van der Waals surface area contributed by atoms with E-state index in [0.717, 1.165) is 16.8 Å². The summed E-state index contributed by atoms with van der Waals surface area (Å²) in [6, 6.07) is 5.14. The molecule has 8 heteroatoms. The van der Waals surface area contributed by atoms with Crippen molar-refractivity contribution in [3.8, 4) is 11.3 Å². The number of anilines is 1. The van der Waals surface area contributed by atoms with E-state index < -0.39 is 5.54 Å². The van der Waals surface area contributed by atoms with E-state index in [4.69, 9.17) is 5.73 Å². The second kappa shape index (κ2) is 4.68. The zero-order chi connectivity index (χ0) is 17.1. The van der Waals surface area contributed by atoms with Gasteiger partial charge in [0.25, 0.3) is 5.56 Å². The Morgan fingerprint density at radius 3 is 2.96 bits per heavy atom. The average Bonchev–Trinajstić information content (AvgIpc) is 3.10. The number of carbonyl (C=O) groups excluding carboxylic acids is 1. The van der Waals surface area contributed by atoms with Crippen LogP contribution in [0.4, 0.5) is 10.5 Å². The lowest BCUT2D eigenvalue weighted by molar-refractivity contribution is 0.254. The van der Waals surface area contributed by atoms with Gasteiger partial charge in [0, 0.05) is 30.7 Å². The molecule has 5 N–H and O–H groups in total. The molecule has 2 heterocycles. The number of amides is 2. The molecule has 0 spiro atoms. The first kappa shape index (κ1) is 14.5. The van der Waals surface area contributed by atoms with Crippen LogP contribution in [-0.2, 0) is 5.54 Å². The maximum absolute atomic E-state index is 12.3. The summed E-state index contributed by atoms with van der Waals surface area (Å²) < 4.78 is 1.72. The minimum atomic E-state index is -0.792. The molecule has 2 amide bonds. The summed E-state index contributed by atoms with van der Waals surface area (Å²) in [7, 11) is 1.54. The monoisotopic (exact) mass is 324 g/mol. The van der Waals surface area contributed by atoms with E-state index in [2.05, 4.69) is 20.6 Å². The van der Waals surface area contributed by atoms with Crippen molar-refractivity contribution in [2.24, 2.45) is 5.73 Å². The number of fused-ring (bicyclic) bond motifs is 5. The number of nitrogens with one attached hydrogen (secondary N) is 3. The topological polar surface area (TPSA) is 117 Å². The van der Waals surface area contributed by atoms with Crippen molar-refractivity contribution in [3.05, 3.63) is 52.2 Å². The summed E-state index contributed by atoms with van der Waals surface area (Å²) in [5.74, 6) is 0. The highest BCUT2D eigenvalue weighted by atomic mass is 16.2. The molecule has 1 atom stereocenters. The molecule has 0 saturated carbocycles. The molecular weight excluding hydrogens is 308 g/mol. The molecular formula is C16H16N6O2. The average molecular weight is 324 g/mol. The van der Waals surface area contributed by atoms with Gasteiger partial charge in [0.2, 0.25) is 5.65 Å². The molecule has 1 aliphatic carbocycles. The Morgan fingerprint density at radius 1 is 1.42 bits per heavy atom. The van der Waals surface area contributed by atoms with Crippen LogP contribution >= 0.6 is 0 Å². The fourth-order valence-corrected chi connectivity index (χ4v) is 3.31. The Kier molecular flexibility index (Phi) is 2.82. The number of carbonyl (C=O) groups is 1. The van der Waals surface area contributed by atoms with Crippen LogP contribution in [-0.4, -0.2) is 27.4 Å². The molecule has 122 valence electrons. The number of H-pyrrole nitrogens is 1. The molecule has 0 aliphatic heterocycles. The van der Waals surface area contributed by atoms with E-state index >= 15 is 0 Å². The minimum Gasteiger partial charge on any atom is -0.341 e. The third-order valence-electron chi connectivity index (χ3n) is 4.39. The van der Waals surface area contributed by atoms with Crippen molar-refractivity contribution < 1.29 is 4.79 Å². The summed E-state index contributed by atoms with van der Waals surface area (Å²) in [4.78, 5) is 30.8. The van der Waals surface area contributed by atoms with Crippen LogP contribution in [0.3, 0.4) is 0 Å². The highest BCUT2D eigenvalue weighted by Crippen LogP contribution is 2.45. The van der Waals surface area contributed by atoms with E-state index in [-0.39, 0.29) is 11.6 Å². The maximum Gasteiger partial charge on any atom is 0.318 e. The van der Waals surface area contributed by atoms with E-state index in [1.807, 2.05) is 13.0 Å². The van der Waals surface area contributed by atoms with Crippen molar-refractivity contribution in [2.45, 2.75) is 12.5 Å². The molecule has 1 aromatic carbocycles. The van der Waals surface area contributed by atoms with Crippen LogP contribution in [0, 0.1) is 0 Å². The molecule has 0 fully saturated rings. The Bertz CT molecular complexity index is 1050. The lowest BCUT2D eigenvalue weighted by atomic mass is 9.94. The quantitative estimate of drug-likeness (QED) is 0.533. The van der Waals surface area contributed by atoms with Crippen LogP contribution in [0.2, 0.25) is 0 Å². The summed E-state index contributed by atoms with van der Waals surface area (Å²) in [5.41, 5.74) is 9.50. The van der Waals surface area contributed by atoms with E-state index in [1.165, 1.54) is 0 Å². The standard InChI is InChI=1S/C16H16N6O2/c1-16(17)10-4-3-8(20-15(24)18-2)7-9(10)11-12(16)22-6-5-19-13(22)14(23)21-11/h3-7H,17H2,1-2H3,(H,21,23)(H2,18,20,24). The van der Waals surface area contributed by atoms with Gasteiger partial charge in [-0.25, -0.2) is 9.78 Å². The second-order valence-corrected chi connectivity index (χ2v) is 5.97. The Hall–Kier alpha value is -3.13. The number of aromatic amines is 1. The van der Waals surface area contributed by atoms with Crippen LogP contribution in [0.25, 0.3) is 16.9 Å². The Morgan fingerprint density at radius 2 is 2.21 bits per heavy atom. The van der Waals surface area contributed by atoms with Crippen molar-refractivity contribution in [1.29, 1.82) is 0 Å². The predicted molar refractivity (Wildman–Crippen MR) is 90.0 cm³/mol. The third kappa shape index (κ3) is 1.80. The number of nitrogens with two attached hydrogens (primary N) is 1. The first-order valence-corrected chi connectivity index (χ1v) is 7.46. The Balaban J connectivity index is 1.99. The highest BCUT2D eigenvalue weighted by Gasteiger charge is 2.39. The Labute approximate surface area is 136 Å². The molecule has 8 nitrogen and oxygen atoms in total. The van der Waals surface area contributed by atoms with Gasteiger partial charge in [0.05, 0.1) is 16.9 Å². The normalized spacial score (nSPS) is 18.3. The van der Waals surface area contributed by atoms with E-state index in [0.29, 0.717) is 17.0 Å². The minimum absolute atomic E-state index is 0.285. The molecule has 1 unspecified atom stereocenters. The fraction of sp³-hybridized carbons (Fsp3) is 0.188. The summed E-state index contributed by atoms with van der Waals surface area (Å²) in [6.45, 7) is 1.89. The molecule has 24 heavy (non-hydrogen) atoms. The smallest absolute Gasteiger partial charge is 0.318 e. The fourth-order valence-electron chi connectivity index (χ4n) is 3.31. The van der Waals surface area contributed by atoms with Crippen molar-refractivity contribution in [3.63, 3.8) is 0 Å².